The van der Waals surface area contributed by atoms with Crippen LogP contribution in [0, 0.1) is 18.4 Å². The molecule has 2 aromatic carbocycles. The lowest BCUT2D eigenvalue weighted by Gasteiger charge is -2.31. The van der Waals surface area contributed by atoms with E-state index in [1.807, 2.05) is 30.3 Å². The highest BCUT2D eigenvalue weighted by molar-refractivity contribution is 7.52. The summed E-state index contributed by atoms with van der Waals surface area (Å²) in [5, 5.41) is 2.79. The van der Waals surface area contributed by atoms with Crippen molar-refractivity contribution in [3.8, 4) is 18.1 Å². The van der Waals surface area contributed by atoms with Crippen molar-refractivity contribution in [2.75, 3.05) is 12.3 Å². The third-order valence-electron chi connectivity index (χ3n) is 8.92. The number of para-hydroxylation sites is 1. The van der Waals surface area contributed by atoms with Crippen LogP contribution in [-0.4, -0.2) is 61.9 Å². The molecule has 14 nitrogen and oxygen atoms in total. The molecule has 2 aromatic heterocycles. The van der Waals surface area contributed by atoms with Crippen LogP contribution in [0.2, 0.25) is 0 Å². The van der Waals surface area contributed by atoms with Gasteiger partial charge in [-0.3, -0.25) is 18.7 Å². The molecule has 4 unspecified atom stereocenters. The van der Waals surface area contributed by atoms with Gasteiger partial charge in [0, 0.05) is 12.8 Å². The fourth-order valence-electron chi connectivity index (χ4n) is 6.17. The van der Waals surface area contributed by atoms with Crippen LogP contribution in [0.1, 0.15) is 83.9 Å². The monoisotopic (exact) mass is 778 g/mol. The van der Waals surface area contributed by atoms with Gasteiger partial charge in [0.25, 0.3) is 0 Å². The Morgan fingerprint density at radius 1 is 1.09 bits per heavy atom. The van der Waals surface area contributed by atoms with Gasteiger partial charge < -0.3 is 24.5 Å². The van der Waals surface area contributed by atoms with E-state index in [0.29, 0.717) is 6.42 Å². The molecule has 1 fully saturated rings. The number of hydrogen-bond donors (Lipinski definition) is 2. The molecule has 0 bridgehead atoms. The number of terminal acetylenes is 1. The lowest BCUT2D eigenvalue weighted by Crippen LogP contribution is -2.46. The first kappa shape index (κ1) is 41.3. The van der Waals surface area contributed by atoms with Crippen LogP contribution < -0.4 is 15.3 Å². The molecule has 0 radical (unpaired) electrons. The van der Waals surface area contributed by atoms with E-state index in [0.717, 1.165) is 37.7 Å². The first-order chi connectivity index (χ1) is 26.4. The number of rotatable bonds is 20. The smallest absolute Gasteiger partial charge is 0.459 e. The van der Waals surface area contributed by atoms with Gasteiger partial charge >= 0.3 is 25.8 Å². The molecule has 55 heavy (non-hydrogen) atoms. The third kappa shape index (κ3) is 11.1. The molecule has 1 aliphatic rings. The minimum absolute atomic E-state index is 0.0214. The number of nitrogen functional groups attached to an aromatic ring is 1. The number of nitrogens with one attached hydrogen (secondary N) is 1. The maximum Gasteiger partial charge on any atom is 0.459 e. The van der Waals surface area contributed by atoms with Crippen LogP contribution in [0.15, 0.2) is 67.0 Å². The summed E-state index contributed by atoms with van der Waals surface area (Å²) >= 11 is 0. The predicted octanol–water partition coefficient (Wildman–Crippen LogP) is 6.86. The SMILES string of the molecule is C#CC1(CO[P@@](=O)(NC(Cc2ccccc2)C(=O)OC(C)C)Oc2ccccc2)OC(n2cnc3c(N)nc(F)nc32)CC1OC(=O)CCCCCCCC. The fourth-order valence-corrected chi connectivity index (χ4v) is 7.69. The van der Waals surface area contributed by atoms with E-state index in [-0.39, 0.29) is 42.0 Å². The van der Waals surface area contributed by atoms with Crippen molar-refractivity contribution in [1.82, 2.24) is 24.6 Å². The standard InChI is InChI=1S/C39H48FN6O8P/c1-5-7-8-9-10-17-22-33(47)52-31-24-32(46-26-42-34-35(41)43-38(40)44-36(34)46)53-39(31,6-2)25-50-55(49,54-29-20-15-12-16-21-29)45-30(37(48)51-27(3)4)23-28-18-13-11-14-19-28/h2,11-16,18-21,26-27,30-32H,5,7-10,17,22-25H2,1,3-4H3,(H,45,49)(H2,41,43,44)/t30?,31?,32?,39?,55-/m0/s1. The number of unbranched alkanes of at least 4 members (excludes halogenated alkanes) is 5. The molecule has 0 amide bonds. The van der Waals surface area contributed by atoms with Gasteiger partial charge in [-0.2, -0.15) is 19.4 Å². The lowest BCUT2D eigenvalue weighted by atomic mass is 9.98. The third-order valence-corrected chi connectivity index (χ3v) is 10.5. The molecule has 294 valence electrons. The summed E-state index contributed by atoms with van der Waals surface area (Å²) < 4.78 is 60.6. The fraction of sp³-hybridized carbons (Fsp3) is 0.462. The Labute approximate surface area is 320 Å². The number of aromatic nitrogens is 4. The number of esters is 2. The number of carbonyl (C=O) groups is 2. The highest BCUT2D eigenvalue weighted by atomic mass is 31.2. The summed E-state index contributed by atoms with van der Waals surface area (Å²) in [5.41, 5.74) is 4.94. The highest BCUT2D eigenvalue weighted by Gasteiger charge is 2.53. The van der Waals surface area contributed by atoms with Crippen LogP contribution in [0.4, 0.5) is 10.2 Å². The van der Waals surface area contributed by atoms with Gasteiger partial charge in [0.2, 0.25) is 0 Å². The number of nitrogens with two attached hydrogens (primary N) is 1. The number of imidazole rings is 1. The van der Waals surface area contributed by atoms with E-state index in [4.69, 9.17) is 35.4 Å². The lowest BCUT2D eigenvalue weighted by molar-refractivity contribution is -0.158. The number of benzene rings is 2. The summed E-state index contributed by atoms with van der Waals surface area (Å²) in [4.78, 5) is 38.3. The Morgan fingerprint density at radius 2 is 1.78 bits per heavy atom. The molecule has 4 aromatic rings. The second-order valence-electron chi connectivity index (χ2n) is 13.6. The Bertz CT molecular complexity index is 1980. The van der Waals surface area contributed by atoms with Crippen LogP contribution >= 0.6 is 7.75 Å². The summed E-state index contributed by atoms with van der Waals surface area (Å²) in [6.45, 7) is 4.89. The van der Waals surface area contributed by atoms with Crippen LogP contribution in [-0.2, 0) is 39.3 Å². The zero-order valence-corrected chi connectivity index (χ0v) is 32.2. The van der Waals surface area contributed by atoms with Gasteiger partial charge in [0.1, 0.15) is 30.7 Å². The molecule has 1 saturated heterocycles. The van der Waals surface area contributed by atoms with Gasteiger partial charge in [0.15, 0.2) is 22.6 Å². The zero-order chi connectivity index (χ0) is 39.4. The average molecular weight is 779 g/mol. The van der Waals surface area contributed by atoms with Crippen LogP contribution in [0.3, 0.4) is 0 Å². The first-order valence-electron chi connectivity index (χ1n) is 18.5. The Kier molecular flexibility index (Phi) is 14.4. The summed E-state index contributed by atoms with van der Waals surface area (Å²) in [7, 11) is -4.54. The van der Waals surface area contributed by atoms with Crippen molar-refractivity contribution in [3.05, 3.63) is 78.6 Å². The normalized spacial score (nSPS) is 19.8. The van der Waals surface area contributed by atoms with Crippen molar-refractivity contribution < 1.29 is 41.8 Å². The number of ether oxygens (including phenoxy) is 3. The van der Waals surface area contributed by atoms with Crippen molar-refractivity contribution in [2.24, 2.45) is 0 Å². The molecule has 3 heterocycles. The van der Waals surface area contributed by atoms with E-state index in [1.54, 1.807) is 44.2 Å². The zero-order valence-electron chi connectivity index (χ0n) is 31.3. The maximum atomic E-state index is 14.8. The number of carbonyl (C=O) groups excluding carboxylic acids is 2. The second-order valence-corrected chi connectivity index (χ2v) is 15.3. The highest BCUT2D eigenvalue weighted by Crippen LogP contribution is 2.49. The molecule has 0 aliphatic carbocycles. The molecule has 16 heteroatoms. The minimum atomic E-state index is -4.54. The first-order valence-corrected chi connectivity index (χ1v) is 20.0. The van der Waals surface area contributed by atoms with Gasteiger partial charge in [-0.05, 0) is 44.4 Å². The predicted molar refractivity (Wildman–Crippen MR) is 203 cm³/mol. The van der Waals surface area contributed by atoms with E-state index in [9.17, 15) is 18.5 Å². The molecule has 0 spiro atoms. The number of fused-ring (bicyclic) bond motifs is 1. The van der Waals surface area contributed by atoms with Crippen molar-refractivity contribution in [1.29, 1.82) is 0 Å². The van der Waals surface area contributed by atoms with Crippen LogP contribution in [0.25, 0.3) is 11.2 Å². The van der Waals surface area contributed by atoms with Crippen LogP contribution in [0.5, 0.6) is 5.75 Å². The molecule has 0 saturated carbocycles. The number of nitrogens with zero attached hydrogens (tertiary/aromatic N) is 4. The second kappa shape index (κ2) is 19.1. The van der Waals surface area contributed by atoms with Gasteiger partial charge in [-0.25, -0.2) is 9.55 Å². The quantitative estimate of drug-likeness (QED) is 0.0313. The molecule has 1 aliphatic heterocycles. The summed E-state index contributed by atoms with van der Waals surface area (Å²) in [5.74, 6) is 1.36. The van der Waals surface area contributed by atoms with E-state index >= 15 is 0 Å². The van der Waals surface area contributed by atoms with Gasteiger partial charge in [0.05, 0.1) is 12.4 Å². The summed E-state index contributed by atoms with van der Waals surface area (Å²) in [6, 6.07) is 16.1. The van der Waals surface area contributed by atoms with Crippen molar-refractivity contribution >= 4 is 36.7 Å². The van der Waals surface area contributed by atoms with Crippen molar-refractivity contribution in [2.45, 2.75) is 109 Å². The number of anilines is 1. The molecular weight excluding hydrogens is 730 g/mol. The number of halogens is 1. The Morgan fingerprint density at radius 3 is 2.47 bits per heavy atom. The van der Waals surface area contributed by atoms with Crippen molar-refractivity contribution in [3.63, 3.8) is 0 Å². The number of hydrogen-bond acceptors (Lipinski definition) is 12. The van der Waals surface area contributed by atoms with E-state index in [2.05, 4.69) is 32.9 Å². The minimum Gasteiger partial charge on any atom is -0.462 e. The summed E-state index contributed by atoms with van der Waals surface area (Å²) in [6.07, 6.45) is 9.72. The Hall–Kier alpha value is -4.87. The molecule has 5 rings (SSSR count). The van der Waals surface area contributed by atoms with Gasteiger partial charge in [-0.15, -0.1) is 6.42 Å². The molecule has 5 atom stereocenters. The van der Waals surface area contributed by atoms with E-state index < -0.39 is 62.4 Å². The molecule has 3 N–H and O–H groups in total. The Balaban J connectivity index is 1.45. The largest absolute Gasteiger partial charge is 0.462 e. The topological polar surface area (TPSA) is 179 Å². The van der Waals surface area contributed by atoms with E-state index in [1.165, 1.54) is 10.9 Å². The van der Waals surface area contributed by atoms with Gasteiger partial charge in [-0.1, -0.05) is 93.5 Å². The molecular formula is C39H48FN6O8P. The average Bonchev–Trinajstić information content (AvgIpc) is 3.74. The maximum absolute atomic E-state index is 14.8.